The number of carbonyl (C=O) groups excluding carboxylic acids is 1. The molecule has 0 saturated carbocycles. The summed E-state index contributed by atoms with van der Waals surface area (Å²) in [5.41, 5.74) is 3.37. The van der Waals surface area contributed by atoms with E-state index in [2.05, 4.69) is 21.2 Å². The molecule has 0 saturated heterocycles. The number of benzene rings is 1. The molecule has 1 aromatic carbocycles. The molecule has 0 bridgehead atoms. The van der Waals surface area contributed by atoms with E-state index in [1.54, 1.807) is 0 Å². The van der Waals surface area contributed by atoms with Gasteiger partial charge in [0, 0.05) is 15.7 Å². The molecule has 0 unspecified atom stereocenters. The van der Waals surface area contributed by atoms with Gasteiger partial charge >= 0.3 is 0 Å². The van der Waals surface area contributed by atoms with Crippen LogP contribution in [0.15, 0.2) is 27.1 Å². The Kier molecular flexibility index (Phi) is 3.80. The van der Waals surface area contributed by atoms with Crippen LogP contribution in [0.2, 0.25) is 0 Å². The van der Waals surface area contributed by atoms with Crippen LogP contribution in [0.25, 0.3) is 0 Å². The molecular formula is C15H16BrNO2. The molecule has 0 aliphatic heterocycles. The lowest BCUT2D eigenvalue weighted by Crippen LogP contribution is -2.13. The maximum absolute atomic E-state index is 12.3. The number of hydrogen-bond acceptors (Lipinski definition) is 2. The summed E-state index contributed by atoms with van der Waals surface area (Å²) in [6, 6.07) is 5.72. The smallest absolute Gasteiger partial charge is 0.259 e. The summed E-state index contributed by atoms with van der Waals surface area (Å²) in [5.74, 6) is 1.31. The minimum atomic E-state index is -0.131. The highest BCUT2D eigenvalue weighted by Gasteiger charge is 2.18. The molecule has 0 spiro atoms. The monoisotopic (exact) mass is 321 g/mol. The molecule has 1 N–H and O–H groups in total. The topological polar surface area (TPSA) is 42.2 Å². The first kappa shape index (κ1) is 13.9. The zero-order valence-electron chi connectivity index (χ0n) is 11.4. The Balaban J connectivity index is 2.28. The number of furan rings is 1. The molecule has 0 atom stereocenters. The normalized spacial score (nSPS) is 10.6. The number of amides is 1. The molecule has 0 fully saturated rings. The van der Waals surface area contributed by atoms with Gasteiger partial charge in [-0.1, -0.05) is 15.9 Å². The number of hydrogen-bond donors (Lipinski definition) is 1. The van der Waals surface area contributed by atoms with Crippen LogP contribution in [0.4, 0.5) is 5.69 Å². The molecule has 1 heterocycles. The lowest BCUT2D eigenvalue weighted by Gasteiger charge is -2.07. The first-order valence-electron chi connectivity index (χ1n) is 6.04. The Morgan fingerprint density at radius 1 is 1.16 bits per heavy atom. The summed E-state index contributed by atoms with van der Waals surface area (Å²) in [7, 11) is 0. The van der Waals surface area contributed by atoms with E-state index in [4.69, 9.17) is 4.42 Å². The van der Waals surface area contributed by atoms with E-state index in [0.29, 0.717) is 11.3 Å². The van der Waals surface area contributed by atoms with Crippen molar-refractivity contribution in [2.24, 2.45) is 0 Å². The minimum Gasteiger partial charge on any atom is -0.466 e. The molecule has 0 radical (unpaired) electrons. The lowest BCUT2D eigenvalue weighted by atomic mass is 10.1. The number of rotatable bonds is 2. The second-order valence-electron chi connectivity index (χ2n) is 4.63. The van der Waals surface area contributed by atoms with E-state index in [9.17, 15) is 4.79 Å². The summed E-state index contributed by atoms with van der Waals surface area (Å²) in [6.07, 6.45) is 0. The molecule has 2 aromatic rings. The van der Waals surface area contributed by atoms with Gasteiger partial charge in [0.1, 0.15) is 11.5 Å². The fourth-order valence-electron chi connectivity index (χ4n) is 2.04. The molecular weight excluding hydrogens is 306 g/mol. The molecule has 3 nitrogen and oxygen atoms in total. The van der Waals surface area contributed by atoms with Gasteiger partial charge in [0.15, 0.2) is 0 Å². The van der Waals surface area contributed by atoms with Crippen molar-refractivity contribution in [2.75, 3.05) is 5.32 Å². The summed E-state index contributed by atoms with van der Waals surface area (Å²) in [4.78, 5) is 12.3. The van der Waals surface area contributed by atoms with Crippen LogP contribution < -0.4 is 5.32 Å². The first-order valence-corrected chi connectivity index (χ1v) is 6.83. The zero-order valence-corrected chi connectivity index (χ0v) is 13.0. The molecule has 100 valence electrons. The predicted molar refractivity (Wildman–Crippen MR) is 79.8 cm³/mol. The van der Waals surface area contributed by atoms with E-state index in [0.717, 1.165) is 27.0 Å². The van der Waals surface area contributed by atoms with Crippen LogP contribution in [0.1, 0.15) is 33.0 Å². The molecule has 0 aliphatic carbocycles. The average Bonchev–Trinajstić information content (AvgIpc) is 2.58. The Hall–Kier alpha value is -1.55. The summed E-state index contributed by atoms with van der Waals surface area (Å²) < 4.78 is 6.50. The van der Waals surface area contributed by atoms with Crippen LogP contribution >= 0.6 is 15.9 Å². The highest BCUT2D eigenvalue weighted by molar-refractivity contribution is 9.10. The number of anilines is 1. The van der Waals surface area contributed by atoms with E-state index in [-0.39, 0.29) is 5.91 Å². The predicted octanol–water partition coefficient (Wildman–Crippen LogP) is 4.53. The van der Waals surface area contributed by atoms with Gasteiger partial charge in [0.2, 0.25) is 0 Å². The van der Waals surface area contributed by atoms with Crippen molar-refractivity contribution < 1.29 is 9.21 Å². The zero-order chi connectivity index (χ0) is 14.2. The molecule has 1 amide bonds. The summed E-state index contributed by atoms with van der Waals surface area (Å²) >= 11 is 3.44. The average molecular weight is 322 g/mol. The Morgan fingerprint density at radius 2 is 1.84 bits per heavy atom. The summed E-state index contributed by atoms with van der Waals surface area (Å²) in [5, 5.41) is 2.90. The van der Waals surface area contributed by atoms with Crippen LogP contribution in [0, 0.1) is 27.7 Å². The third-order valence-corrected chi connectivity index (χ3v) is 4.09. The fourth-order valence-corrected chi connectivity index (χ4v) is 2.29. The minimum absolute atomic E-state index is 0.131. The van der Waals surface area contributed by atoms with Gasteiger partial charge in [-0.15, -0.1) is 0 Å². The van der Waals surface area contributed by atoms with Gasteiger partial charge < -0.3 is 9.73 Å². The third kappa shape index (κ3) is 2.73. The molecule has 19 heavy (non-hydrogen) atoms. The second kappa shape index (κ2) is 5.21. The van der Waals surface area contributed by atoms with E-state index >= 15 is 0 Å². The number of nitrogens with one attached hydrogen (secondary N) is 1. The van der Waals surface area contributed by atoms with Crippen molar-refractivity contribution in [1.82, 2.24) is 0 Å². The number of halogens is 1. The highest BCUT2D eigenvalue weighted by atomic mass is 79.9. The molecule has 2 rings (SSSR count). The lowest BCUT2D eigenvalue weighted by molar-refractivity contribution is 0.102. The Morgan fingerprint density at radius 3 is 2.37 bits per heavy atom. The largest absolute Gasteiger partial charge is 0.466 e. The van der Waals surface area contributed by atoms with Crippen LogP contribution in [-0.4, -0.2) is 5.91 Å². The maximum atomic E-state index is 12.3. The Labute approximate surface area is 121 Å². The van der Waals surface area contributed by atoms with E-state index in [1.165, 1.54) is 0 Å². The third-order valence-electron chi connectivity index (χ3n) is 3.20. The molecule has 1 aromatic heterocycles. The van der Waals surface area contributed by atoms with Gasteiger partial charge in [-0.2, -0.15) is 0 Å². The SMILES string of the molecule is Cc1cc(NC(=O)c2c(C)oc(C)c2C)ccc1Br. The van der Waals surface area contributed by atoms with Crippen LogP contribution in [-0.2, 0) is 0 Å². The van der Waals surface area contributed by atoms with Crippen molar-refractivity contribution in [3.05, 3.63) is 50.9 Å². The standard InChI is InChI=1S/C15H16BrNO2/c1-8-7-12(5-6-13(8)16)17-15(18)14-9(2)10(3)19-11(14)4/h5-7H,1-4H3,(H,17,18). The van der Waals surface area contributed by atoms with Crippen molar-refractivity contribution in [1.29, 1.82) is 0 Å². The number of carbonyl (C=O) groups is 1. The van der Waals surface area contributed by atoms with Crippen molar-refractivity contribution in [3.63, 3.8) is 0 Å². The second-order valence-corrected chi connectivity index (χ2v) is 5.49. The highest BCUT2D eigenvalue weighted by Crippen LogP contribution is 2.24. The molecule has 0 aliphatic rings. The van der Waals surface area contributed by atoms with Gasteiger partial charge in [-0.25, -0.2) is 0 Å². The summed E-state index contributed by atoms with van der Waals surface area (Å²) in [6.45, 7) is 7.55. The van der Waals surface area contributed by atoms with Crippen molar-refractivity contribution in [3.8, 4) is 0 Å². The van der Waals surface area contributed by atoms with Gasteiger partial charge in [0.05, 0.1) is 5.56 Å². The van der Waals surface area contributed by atoms with Gasteiger partial charge in [-0.3, -0.25) is 4.79 Å². The maximum Gasteiger partial charge on any atom is 0.259 e. The number of aryl methyl sites for hydroxylation is 3. The van der Waals surface area contributed by atoms with Crippen molar-refractivity contribution in [2.45, 2.75) is 27.7 Å². The van der Waals surface area contributed by atoms with Crippen molar-refractivity contribution >= 4 is 27.5 Å². The quantitative estimate of drug-likeness (QED) is 0.883. The van der Waals surface area contributed by atoms with E-state index < -0.39 is 0 Å². The fraction of sp³-hybridized carbons (Fsp3) is 0.267. The van der Waals surface area contributed by atoms with Crippen LogP contribution in [0.5, 0.6) is 0 Å². The van der Waals surface area contributed by atoms with Gasteiger partial charge in [0.25, 0.3) is 5.91 Å². The molecule has 4 heteroatoms. The van der Waals surface area contributed by atoms with Crippen LogP contribution in [0.3, 0.4) is 0 Å². The Bertz CT molecular complexity index is 644. The van der Waals surface area contributed by atoms with Gasteiger partial charge in [-0.05, 0) is 51.5 Å². The van der Waals surface area contributed by atoms with E-state index in [1.807, 2.05) is 45.9 Å². The first-order chi connectivity index (χ1) is 8.90.